The Morgan fingerprint density at radius 2 is 1.89 bits per heavy atom. The summed E-state index contributed by atoms with van der Waals surface area (Å²) in [6.07, 6.45) is 7.93. The van der Waals surface area contributed by atoms with E-state index < -0.39 is 0 Å². The van der Waals surface area contributed by atoms with Crippen LogP contribution in [0.1, 0.15) is 57.1 Å². The number of hydrogen-bond donors (Lipinski definition) is 1. The van der Waals surface area contributed by atoms with Crippen molar-refractivity contribution < 1.29 is 0 Å². The van der Waals surface area contributed by atoms with Crippen LogP contribution in [0.5, 0.6) is 0 Å². The molecule has 0 fully saturated rings. The number of aryl methyl sites for hydroxylation is 1. The number of benzene rings is 1. The molecule has 0 heterocycles. The zero-order valence-electron chi connectivity index (χ0n) is 12.3. The van der Waals surface area contributed by atoms with Crippen LogP contribution in [0.15, 0.2) is 24.3 Å². The molecule has 1 nitrogen and oxygen atoms in total. The van der Waals surface area contributed by atoms with Crippen molar-refractivity contribution >= 4 is 0 Å². The fraction of sp³-hybridized carbons (Fsp3) is 0.647. The Bertz CT molecular complexity index is 319. The number of nitrogens with one attached hydrogen (secondary N) is 1. The Morgan fingerprint density at radius 3 is 2.61 bits per heavy atom. The van der Waals surface area contributed by atoms with E-state index in [0.29, 0.717) is 6.04 Å². The van der Waals surface area contributed by atoms with Gasteiger partial charge in [0.25, 0.3) is 0 Å². The normalized spacial score (nSPS) is 12.6. The van der Waals surface area contributed by atoms with Gasteiger partial charge < -0.3 is 5.32 Å². The minimum atomic E-state index is 0.658. The highest BCUT2D eigenvalue weighted by Crippen LogP contribution is 2.08. The van der Waals surface area contributed by atoms with Crippen molar-refractivity contribution in [1.82, 2.24) is 5.32 Å². The maximum atomic E-state index is 3.64. The Morgan fingerprint density at radius 1 is 1.11 bits per heavy atom. The molecular formula is C17H29N. The van der Waals surface area contributed by atoms with Gasteiger partial charge in [-0.1, -0.05) is 56.9 Å². The number of unbranched alkanes of at least 4 members (excludes halogenated alkanes) is 3. The van der Waals surface area contributed by atoms with E-state index in [1.54, 1.807) is 0 Å². The summed E-state index contributed by atoms with van der Waals surface area (Å²) >= 11 is 0. The van der Waals surface area contributed by atoms with Crippen LogP contribution in [-0.2, 0) is 6.42 Å². The highest BCUT2D eigenvalue weighted by Gasteiger charge is 2.02. The third-order valence-electron chi connectivity index (χ3n) is 3.64. The molecule has 1 atom stereocenters. The molecular weight excluding hydrogens is 218 g/mol. The van der Waals surface area contributed by atoms with Crippen molar-refractivity contribution in [3.8, 4) is 0 Å². The molecule has 1 heteroatoms. The molecule has 0 saturated heterocycles. The van der Waals surface area contributed by atoms with Gasteiger partial charge in [-0.2, -0.15) is 0 Å². The van der Waals surface area contributed by atoms with Gasteiger partial charge in [-0.25, -0.2) is 0 Å². The summed E-state index contributed by atoms with van der Waals surface area (Å²) in [6, 6.07) is 9.34. The summed E-state index contributed by atoms with van der Waals surface area (Å²) in [5, 5.41) is 3.64. The van der Waals surface area contributed by atoms with Crippen LogP contribution in [0, 0.1) is 6.92 Å². The summed E-state index contributed by atoms with van der Waals surface area (Å²) in [5.41, 5.74) is 2.89. The van der Waals surface area contributed by atoms with Crippen LogP contribution in [0.4, 0.5) is 0 Å². The fourth-order valence-electron chi connectivity index (χ4n) is 2.32. The SMILES string of the molecule is CCCCCCC(C)NCCc1ccccc1C. The molecule has 0 amide bonds. The highest BCUT2D eigenvalue weighted by atomic mass is 14.9. The predicted molar refractivity (Wildman–Crippen MR) is 81.1 cm³/mol. The van der Waals surface area contributed by atoms with Gasteiger partial charge in [0.05, 0.1) is 0 Å². The van der Waals surface area contributed by atoms with Crippen molar-refractivity contribution in [3.05, 3.63) is 35.4 Å². The Balaban J connectivity index is 2.12. The second kappa shape index (κ2) is 9.16. The van der Waals surface area contributed by atoms with E-state index in [-0.39, 0.29) is 0 Å². The molecule has 0 aliphatic carbocycles. The van der Waals surface area contributed by atoms with Gasteiger partial charge in [-0.3, -0.25) is 0 Å². The van der Waals surface area contributed by atoms with Crippen LogP contribution in [0.2, 0.25) is 0 Å². The molecule has 1 rings (SSSR count). The molecule has 0 aliphatic rings. The second-order valence-corrected chi connectivity index (χ2v) is 5.38. The summed E-state index contributed by atoms with van der Waals surface area (Å²) < 4.78 is 0. The molecule has 0 aromatic heterocycles. The first kappa shape index (κ1) is 15.2. The maximum absolute atomic E-state index is 3.64. The van der Waals surface area contributed by atoms with Crippen LogP contribution in [0.25, 0.3) is 0 Å². The summed E-state index contributed by atoms with van der Waals surface area (Å²) in [5.74, 6) is 0. The van der Waals surface area contributed by atoms with E-state index in [2.05, 4.69) is 50.4 Å². The zero-order valence-corrected chi connectivity index (χ0v) is 12.3. The topological polar surface area (TPSA) is 12.0 Å². The van der Waals surface area contributed by atoms with E-state index >= 15 is 0 Å². The summed E-state index contributed by atoms with van der Waals surface area (Å²) in [4.78, 5) is 0. The van der Waals surface area contributed by atoms with E-state index in [1.807, 2.05) is 0 Å². The Labute approximate surface area is 113 Å². The van der Waals surface area contributed by atoms with Gasteiger partial charge in [-0.15, -0.1) is 0 Å². The lowest BCUT2D eigenvalue weighted by Crippen LogP contribution is -2.28. The lowest BCUT2D eigenvalue weighted by molar-refractivity contribution is 0.486. The van der Waals surface area contributed by atoms with Crippen molar-refractivity contribution in [3.63, 3.8) is 0 Å². The third-order valence-corrected chi connectivity index (χ3v) is 3.64. The summed E-state index contributed by atoms with van der Waals surface area (Å²) in [7, 11) is 0. The molecule has 1 aromatic carbocycles. The van der Waals surface area contributed by atoms with Crippen molar-refractivity contribution in [1.29, 1.82) is 0 Å². The van der Waals surface area contributed by atoms with Crippen LogP contribution >= 0.6 is 0 Å². The molecule has 102 valence electrons. The van der Waals surface area contributed by atoms with Crippen molar-refractivity contribution in [2.45, 2.75) is 65.3 Å². The second-order valence-electron chi connectivity index (χ2n) is 5.38. The van der Waals surface area contributed by atoms with Crippen molar-refractivity contribution in [2.75, 3.05) is 6.54 Å². The highest BCUT2D eigenvalue weighted by molar-refractivity contribution is 5.25. The zero-order chi connectivity index (χ0) is 13.2. The van der Waals surface area contributed by atoms with Gasteiger partial charge in [0.1, 0.15) is 0 Å². The van der Waals surface area contributed by atoms with Crippen LogP contribution in [-0.4, -0.2) is 12.6 Å². The van der Waals surface area contributed by atoms with Gasteiger partial charge in [-0.05, 0) is 44.4 Å². The summed E-state index contributed by atoms with van der Waals surface area (Å²) in [6.45, 7) is 7.87. The predicted octanol–water partition coefficient (Wildman–Crippen LogP) is 4.49. The molecule has 0 aliphatic heterocycles. The van der Waals surface area contributed by atoms with Gasteiger partial charge in [0.2, 0.25) is 0 Å². The monoisotopic (exact) mass is 247 g/mol. The minimum Gasteiger partial charge on any atom is -0.314 e. The fourth-order valence-corrected chi connectivity index (χ4v) is 2.32. The molecule has 1 aromatic rings. The van der Waals surface area contributed by atoms with Crippen LogP contribution < -0.4 is 5.32 Å². The van der Waals surface area contributed by atoms with Gasteiger partial charge in [0, 0.05) is 6.04 Å². The first-order valence-electron chi connectivity index (χ1n) is 7.52. The number of rotatable bonds is 9. The molecule has 1 unspecified atom stereocenters. The standard InChI is InChI=1S/C17H29N/c1-4-5-6-7-11-16(3)18-14-13-17-12-9-8-10-15(17)2/h8-10,12,16,18H,4-7,11,13-14H2,1-3H3. The molecule has 0 saturated carbocycles. The van der Waals surface area contributed by atoms with E-state index in [4.69, 9.17) is 0 Å². The van der Waals surface area contributed by atoms with Gasteiger partial charge >= 0.3 is 0 Å². The average Bonchev–Trinajstić information content (AvgIpc) is 2.37. The van der Waals surface area contributed by atoms with E-state index in [0.717, 1.165) is 13.0 Å². The van der Waals surface area contributed by atoms with Crippen LogP contribution in [0.3, 0.4) is 0 Å². The lowest BCUT2D eigenvalue weighted by atomic mass is 10.1. The molecule has 18 heavy (non-hydrogen) atoms. The maximum Gasteiger partial charge on any atom is 0.00388 e. The van der Waals surface area contributed by atoms with Crippen molar-refractivity contribution in [2.24, 2.45) is 0 Å². The lowest BCUT2D eigenvalue weighted by Gasteiger charge is -2.14. The van der Waals surface area contributed by atoms with Gasteiger partial charge in [0.15, 0.2) is 0 Å². The number of hydrogen-bond acceptors (Lipinski definition) is 1. The minimum absolute atomic E-state index is 0.658. The van der Waals surface area contributed by atoms with E-state index in [9.17, 15) is 0 Å². The largest absolute Gasteiger partial charge is 0.314 e. The molecule has 0 bridgehead atoms. The first-order chi connectivity index (χ1) is 8.74. The Hall–Kier alpha value is -0.820. The third kappa shape index (κ3) is 6.20. The molecule has 1 N–H and O–H groups in total. The smallest absolute Gasteiger partial charge is 0.00388 e. The first-order valence-corrected chi connectivity index (χ1v) is 7.52. The molecule has 0 radical (unpaired) electrons. The molecule has 0 spiro atoms. The quantitative estimate of drug-likeness (QED) is 0.634. The van der Waals surface area contributed by atoms with E-state index in [1.165, 1.54) is 43.2 Å². The average molecular weight is 247 g/mol. The Kier molecular flexibility index (Phi) is 7.75.